The van der Waals surface area contributed by atoms with E-state index in [0.717, 1.165) is 4.47 Å². The van der Waals surface area contributed by atoms with Crippen LogP contribution in [0, 0.1) is 10.1 Å². The molecule has 0 unspecified atom stereocenters. The van der Waals surface area contributed by atoms with E-state index in [4.69, 9.17) is 0 Å². The van der Waals surface area contributed by atoms with Crippen LogP contribution in [0.15, 0.2) is 35.1 Å². The lowest BCUT2D eigenvalue weighted by Gasteiger charge is -2.03. The number of hydrogen-bond acceptors (Lipinski definition) is 4. The van der Waals surface area contributed by atoms with E-state index in [1.807, 2.05) is 0 Å². The molecule has 1 aromatic carbocycles. The molecule has 0 spiro atoms. The van der Waals surface area contributed by atoms with Crippen molar-refractivity contribution in [2.45, 2.75) is 0 Å². The van der Waals surface area contributed by atoms with Crippen LogP contribution >= 0.6 is 15.9 Å². The monoisotopic (exact) mass is 295 g/mol. The summed E-state index contributed by atoms with van der Waals surface area (Å²) in [4.78, 5) is 20.9. The lowest BCUT2D eigenvalue weighted by Crippen LogP contribution is -2.00. The van der Waals surface area contributed by atoms with Crippen LogP contribution in [0.2, 0.25) is 0 Å². The van der Waals surface area contributed by atoms with Crippen molar-refractivity contribution >= 4 is 27.9 Å². The van der Waals surface area contributed by atoms with E-state index < -0.39 is 4.92 Å². The van der Waals surface area contributed by atoms with Crippen molar-refractivity contribution in [1.29, 1.82) is 0 Å². The molecule has 1 aromatic heterocycles. The zero-order valence-corrected chi connectivity index (χ0v) is 9.99. The van der Waals surface area contributed by atoms with E-state index in [9.17, 15) is 14.9 Å². The van der Waals surface area contributed by atoms with E-state index in [2.05, 4.69) is 21.0 Å². The highest BCUT2D eigenvalue weighted by atomic mass is 79.9. The Balaban J connectivity index is 2.55. The van der Waals surface area contributed by atoms with Gasteiger partial charge in [0, 0.05) is 23.9 Å². The molecule has 17 heavy (non-hydrogen) atoms. The highest BCUT2D eigenvalue weighted by molar-refractivity contribution is 9.10. The van der Waals surface area contributed by atoms with Crippen LogP contribution in [0.1, 0.15) is 10.4 Å². The van der Waals surface area contributed by atoms with Gasteiger partial charge in [0.2, 0.25) is 0 Å². The van der Waals surface area contributed by atoms with Crippen molar-refractivity contribution in [3.63, 3.8) is 0 Å². The van der Waals surface area contributed by atoms with Gasteiger partial charge in [-0.3, -0.25) is 14.9 Å². The van der Waals surface area contributed by atoms with Crippen molar-refractivity contribution in [2.24, 2.45) is 0 Å². The van der Waals surface area contributed by atoms with Crippen molar-refractivity contribution < 1.29 is 9.72 Å². The Kier molecular flexibility index (Phi) is 3.01. The molecule has 6 nitrogen and oxygen atoms in total. The molecular formula is C10H6BrN3O3. The fraction of sp³-hybridized carbons (Fsp3) is 0. The summed E-state index contributed by atoms with van der Waals surface area (Å²) in [5.41, 5.74) is 0.591. The summed E-state index contributed by atoms with van der Waals surface area (Å²) in [6.07, 6.45) is 3.79. The molecule has 1 heterocycles. The van der Waals surface area contributed by atoms with Gasteiger partial charge < -0.3 is 0 Å². The van der Waals surface area contributed by atoms with Crippen LogP contribution in [-0.2, 0) is 0 Å². The minimum absolute atomic E-state index is 0.123. The smallest absolute Gasteiger partial charge is 0.270 e. The van der Waals surface area contributed by atoms with E-state index in [-0.39, 0.29) is 11.3 Å². The van der Waals surface area contributed by atoms with Gasteiger partial charge >= 0.3 is 0 Å². The van der Waals surface area contributed by atoms with Crippen LogP contribution in [0.3, 0.4) is 0 Å². The summed E-state index contributed by atoms with van der Waals surface area (Å²) in [7, 11) is 0. The highest BCUT2D eigenvalue weighted by Gasteiger charge is 2.12. The quantitative estimate of drug-likeness (QED) is 0.495. The van der Waals surface area contributed by atoms with E-state index >= 15 is 0 Å². The maximum atomic E-state index is 10.9. The molecule has 0 aliphatic heterocycles. The van der Waals surface area contributed by atoms with Gasteiger partial charge in [0.15, 0.2) is 6.29 Å². The van der Waals surface area contributed by atoms with Crippen molar-refractivity contribution in [3.8, 4) is 5.69 Å². The van der Waals surface area contributed by atoms with E-state index in [0.29, 0.717) is 12.0 Å². The minimum atomic E-state index is -0.546. The first-order valence-corrected chi connectivity index (χ1v) is 5.35. The molecule has 7 heteroatoms. The Morgan fingerprint density at radius 1 is 1.47 bits per heavy atom. The van der Waals surface area contributed by atoms with E-state index in [1.165, 1.54) is 22.9 Å². The predicted octanol–water partition coefficient (Wildman–Crippen LogP) is 2.36. The molecule has 0 N–H and O–H groups in total. The zero-order chi connectivity index (χ0) is 12.4. The Bertz CT molecular complexity index is 594. The normalized spacial score (nSPS) is 10.2. The summed E-state index contributed by atoms with van der Waals surface area (Å²) >= 11 is 3.23. The topological polar surface area (TPSA) is 78.0 Å². The molecule has 0 saturated heterocycles. The van der Waals surface area contributed by atoms with Crippen molar-refractivity contribution in [2.75, 3.05) is 0 Å². The molecule has 0 radical (unpaired) electrons. The lowest BCUT2D eigenvalue weighted by molar-refractivity contribution is -0.384. The summed E-state index contributed by atoms with van der Waals surface area (Å²) in [5.74, 6) is 0. The van der Waals surface area contributed by atoms with Crippen LogP contribution in [0.5, 0.6) is 0 Å². The number of nitro benzene ring substituents is 1. The van der Waals surface area contributed by atoms with Crippen LogP contribution in [0.4, 0.5) is 5.69 Å². The summed E-state index contributed by atoms with van der Waals surface area (Å²) < 4.78 is 2.23. The second-order valence-corrected chi connectivity index (χ2v) is 4.14. The van der Waals surface area contributed by atoms with Gasteiger partial charge in [-0.1, -0.05) is 0 Å². The van der Waals surface area contributed by atoms with Gasteiger partial charge in [0.1, 0.15) is 0 Å². The molecule has 0 aliphatic carbocycles. The minimum Gasteiger partial charge on any atom is -0.298 e. The number of benzene rings is 1. The second kappa shape index (κ2) is 4.46. The molecule has 0 aliphatic rings. The first-order chi connectivity index (χ1) is 8.11. The maximum absolute atomic E-state index is 10.9. The highest BCUT2D eigenvalue weighted by Crippen LogP contribution is 2.20. The SMILES string of the molecule is O=Cc1cc([N+](=O)[O-])ccc1-n1cc(Br)cn1. The van der Waals surface area contributed by atoms with Gasteiger partial charge in [0.25, 0.3) is 5.69 Å². The molecule has 0 saturated carbocycles. The predicted molar refractivity (Wildman–Crippen MR) is 63.3 cm³/mol. The summed E-state index contributed by atoms with van der Waals surface area (Å²) in [5, 5.41) is 14.6. The van der Waals surface area contributed by atoms with Crippen LogP contribution < -0.4 is 0 Å². The van der Waals surface area contributed by atoms with Crippen molar-refractivity contribution in [3.05, 3.63) is 50.7 Å². The van der Waals surface area contributed by atoms with Gasteiger partial charge in [-0.2, -0.15) is 5.10 Å². The molecule has 2 rings (SSSR count). The Morgan fingerprint density at radius 2 is 2.24 bits per heavy atom. The number of hydrogen-bond donors (Lipinski definition) is 0. The third kappa shape index (κ3) is 2.23. The maximum Gasteiger partial charge on any atom is 0.270 e. The lowest BCUT2D eigenvalue weighted by atomic mass is 10.2. The van der Waals surface area contributed by atoms with Gasteiger partial charge in [-0.25, -0.2) is 4.68 Å². The Morgan fingerprint density at radius 3 is 2.76 bits per heavy atom. The number of carbonyl (C=O) groups is 1. The number of rotatable bonds is 3. The Hall–Kier alpha value is -2.02. The zero-order valence-electron chi connectivity index (χ0n) is 8.41. The largest absolute Gasteiger partial charge is 0.298 e. The standard InChI is InChI=1S/C10H6BrN3O3/c11-8-4-12-13(5-8)10-2-1-9(14(16)17)3-7(10)6-15/h1-6H. The number of halogens is 1. The fourth-order valence-electron chi connectivity index (χ4n) is 1.39. The molecular weight excluding hydrogens is 290 g/mol. The average Bonchev–Trinajstić information content (AvgIpc) is 2.74. The van der Waals surface area contributed by atoms with Crippen LogP contribution in [0.25, 0.3) is 5.69 Å². The number of nitrogens with zero attached hydrogens (tertiary/aromatic N) is 3. The molecule has 0 amide bonds. The second-order valence-electron chi connectivity index (χ2n) is 3.22. The van der Waals surface area contributed by atoms with Crippen LogP contribution in [-0.4, -0.2) is 21.0 Å². The summed E-state index contributed by atoms with van der Waals surface area (Å²) in [6, 6.07) is 4.04. The van der Waals surface area contributed by atoms with Gasteiger partial charge in [0.05, 0.1) is 21.3 Å². The van der Waals surface area contributed by atoms with Gasteiger partial charge in [-0.05, 0) is 22.0 Å². The number of aromatic nitrogens is 2. The molecule has 0 bridgehead atoms. The summed E-state index contributed by atoms with van der Waals surface area (Å²) in [6.45, 7) is 0. The first kappa shape index (κ1) is 11.5. The molecule has 0 atom stereocenters. The van der Waals surface area contributed by atoms with E-state index in [1.54, 1.807) is 12.4 Å². The average molecular weight is 296 g/mol. The number of nitro groups is 1. The number of carbonyl (C=O) groups excluding carboxylic acids is 1. The molecule has 0 fully saturated rings. The fourth-order valence-corrected chi connectivity index (χ4v) is 1.68. The number of non-ortho nitro benzene ring substituents is 1. The number of aldehydes is 1. The Labute approximate surface area is 104 Å². The third-order valence-electron chi connectivity index (χ3n) is 2.15. The third-order valence-corrected chi connectivity index (χ3v) is 2.56. The molecule has 2 aromatic rings. The molecule has 86 valence electrons. The first-order valence-electron chi connectivity index (χ1n) is 4.56. The van der Waals surface area contributed by atoms with Gasteiger partial charge in [-0.15, -0.1) is 0 Å². The van der Waals surface area contributed by atoms with Crippen molar-refractivity contribution in [1.82, 2.24) is 9.78 Å².